The lowest BCUT2D eigenvalue weighted by Crippen LogP contribution is -2.35. The number of carbonyl (C=O) groups excluding carboxylic acids is 2. The molecular formula is C23H21N7O2. The Morgan fingerprint density at radius 2 is 1.72 bits per heavy atom. The van der Waals surface area contributed by atoms with Crippen LogP contribution in [0.1, 0.15) is 40.0 Å². The van der Waals surface area contributed by atoms with Crippen LogP contribution < -0.4 is 5.32 Å². The van der Waals surface area contributed by atoms with Crippen molar-refractivity contribution in [2.75, 3.05) is 18.4 Å². The molecule has 0 aliphatic carbocycles. The van der Waals surface area contributed by atoms with E-state index in [0.29, 0.717) is 16.8 Å². The predicted molar refractivity (Wildman–Crippen MR) is 118 cm³/mol. The molecule has 4 aromatic heterocycles. The number of piperidine rings is 1. The number of nitrogens with zero attached hydrogens (tertiary/aromatic N) is 6. The van der Waals surface area contributed by atoms with Crippen molar-refractivity contribution >= 4 is 23.0 Å². The number of pyridine rings is 2. The quantitative estimate of drug-likeness (QED) is 0.537. The lowest BCUT2D eigenvalue weighted by Gasteiger charge is -2.26. The Morgan fingerprint density at radius 3 is 2.53 bits per heavy atom. The summed E-state index contributed by atoms with van der Waals surface area (Å²) < 4.78 is 1.74. The molecule has 0 spiro atoms. The van der Waals surface area contributed by atoms with Crippen molar-refractivity contribution in [3.63, 3.8) is 0 Å². The molecule has 9 nitrogen and oxygen atoms in total. The molecule has 2 amide bonds. The van der Waals surface area contributed by atoms with Crippen LogP contribution in [0.3, 0.4) is 0 Å². The van der Waals surface area contributed by atoms with Gasteiger partial charge in [-0.15, -0.1) is 0 Å². The Bertz CT molecular complexity index is 1280. The second kappa shape index (κ2) is 8.54. The van der Waals surface area contributed by atoms with Gasteiger partial charge in [-0.05, 0) is 37.5 Å². The first kappa shape index (κ1) is 19.8. The summed E-state index contributed by atoms with van der Waals surface area (Å²) in [5.41, 5.74) is 3.76. The number of likely N-dealkylation sites (tertiary alicyclic amines) is 1. The minimum atomic E-state index is -0.323. The minimum Gasteiger partial charge on any atom is -0.339 e. The van der Waals surface area contributed by atoms with Crippen LogP contribution in [0.2, 0.25) is 0 Å². The van der Waals surface area contributed by atoms with Crippen molar-refractivity contribution in [2.45, 2.75) is 19.3 Å². The smallest absolute Gasteiger partial charge is 0.258 e. The Kier molecular flexibility index (Phi) is 5.29. The summed E-state index contributed by atoms with van der Waals surface area (Å²) in [5.74, 6) is -0.308. The van der Waals surface area contributed by atoms with Crippen molar-refractivity contribution in [3.05, 3.63) is 72.7 Å². The number of carbonyl (C=O) groups is 2. The molecule has 5 heterocycles. The van der Waals surface area contributed by atoms with Crippen LogP contribution in [0, 0.1) is 0 Å². The molecule has 1 N–H and O–H groups in total. The van der Waals surface area contributed by atoms with Crippen molar-refractivity contribution in [1.82, 2.24) is 29.5 Å². The molecule has 1 fully saturated rings. The Hall–Kier alpha value is -4.14. The van der Waals surface area contributed by atoms with E-state index >= 15 is 0 Å². The third-order valence-electron chi connectivity index (χ3n) is 5.53. The van der Waals surface area contributed by atoms with Gasteiger partial charge in [-0.3, -0.25) is 14.6 Å². The number of fused-ring (bicyclic) bond motifs is 1. The zero-order valence-corrected chi connectivity index (χ0v) is 17.3. The molecular weight excluding hydrogens is 406 g/mol. The number of anilines is 1. The van der Waals surface area contributed by atoms with E-state index in [1.54, 1.807) is 23.1 Å². The highest BCUT2D eigenvalue weighted by molar-refractivity contribution is 6.04. The van der Waals surface area contributed by atoms with E-state index in [9.17, 15) is 9.59 Å². The van der Waals surface area contributed by atoms with E-state index in [2.05, 4.69) is 25.4 Å². The number of nitrogens with one attached hydrogen (secondary N) is 1. The van der Waals surface area contributed by atoms with Gasteiger partial charge in [0.1, 0.15) is 6.33 Å². The average molecular weight is 427 g/mol. The summed E-state index contributed by atoms with van der Waals surface area (Å²) in [4.78, 5) is 39.4. The molecule has 0 bridgehead atoms. The third kappa shape index (κ3) is 3.80. The molecule has 9 heteroatoms. The molecule has 32 heavy (non-hydrogen) atoms. The van der Waals surface area contributed by atoms with E-state index in [1.165, 1.54) is 25.1 Å². The van der Waals surface area contributed by atoms with Crippen LogP contribution >= 0.6 is 0 Å². The molecule has 0 aromatic carbocycles. The Labute approximate surface area is 184 Å². The highest BCUT2D eigenvalue weighted by Gasteiger charge is 2.22. The maximum absolute atomic E-state index is 13.0. The van der Waals surface area contributed by atoms with E-state index in [-0.39, 0.29) is 11.8 Å². The molecule has 0 saturated carbocycles. The second-order valence-electron chi connectivity index (χ2n) is 7.66. The molecule has 4 aromatic rings. The molecule has 5 rings (SSSR count). The molecule has 1 aliphatic rings. The van der Waals surface area contributed by atoms with E-state index in [1.807, 2.05) is 29.2 Å². The van der Waals surface area contributed by atoms with Crippen LogP contribution in [0.25, 0.3) is 16.8 Å². The van der Waals surface area contributed by atoms with Crippen LogP contribution in [0.4, 0.5) is 5.69 Å². The molecule has 0 unspecified atom stereocenters. The van der Waals surface area contributed by atoms with Gasteiger partial charge in [0.25, 0.3) is 11.8 Å². The van der Waals surface area contributed by atoms with Gasteiger partial charge in [0.15, 0.2) is 0 Å². The van der Waals surface area contributed by atoms with Gasteiger partial charge in [0.2, 0.25) is 0 Å². The molecule has 1 saturated heterocycles. The Balaban J connectivity index is 1.45. The van der Waals surface area contributed by atoms with E-state index in [0.717, 1.165) is 42.7 Å². The zero-order chi connectivity index (χ0) is 21.9. The predicted octanol–water partition coefficient (Wildman–Crippen LogP) is 3.06. The fourth-order valence-electron chi connectivity index (χ4n) is 3.93. The van der Waals surface area contributed by atoms with E-state index < -0.39 is 0 Å². The third-order valence-corrected chi connectivity index (χ3v) is 5.53. The number of hydrogen-bond donors (Lipinski definition) is 1. The lowest BCUT2D eigenvalue weighted by molar-refractivity contribution is 0.0726. The first-order chi connectivity index (χ1) is 15.7. The summed E-state index contributed by atoms with van der Waals surface area (Å²) in [6, 6.07) is 7.51. The largest absolute Gasteiger partial charge is 0.339 e. The lowest BCUT2D eigenvalue weighted by atomic mass is 10.1. The van der Waals surface area contributed by atoms with Crippen LogP contribution in [-0.4, -0.2) is 54.4 Å². The van der Waals surface area contributed by atoms with Gasteiger partial charge in [-0.2, -0.15) is 5.10 Å². The van der Waals surface area contributed by atoms with Gasteiger partial charge in [0.05, 0.1) is 40.4 Å². The summed E-state index contributed by atoms with van der Waals surface area (Å²) >= 11 is 0. The minimum absolute atomic E-state index is 0.0149. The summed E-state index contributed by atoms with van der Waals surface area (Å²) in [6.45, 7) is 1.57. The normalized spacial score (nSPS) is 13.8. The fraction of sp³-hybridized carbons (Fsp3) is 0.217. The van der Waals surface area contributed by atoms with Crippen LogP contribution in [-0.2, 0) is 0 Å². The van der Waals surface area contributed by atoms with Crippen molar-refractivity contribution in [3.8, 4) is 11.3 Å². The van der Waals surface area contributed by atoms with Gasteiger partial charge in [0, 0.05) is 37.2 Å². The summed E-state index contributed by atoms with van der Waals surface area (Å²) in [6.07, 6.45) is 12.4. The van der Waals surface area contributed by atoms with Gasteiger partial charge in [-0.25, -0.2) is 14.5 Å². The van der Waals surface area contributed by atoms with Gasteiger partial charge >= 0.3 is 0 Å². The van der Waals surface area contributed by atoms with Crippen LogP contribution in [0.5, 0.6) is 0 Å². The van der Waals surface area contributed by atoms with E-state index in [4.69, 9.17) is 0 Å². The molecule has 0 radical (unpaired) electrons. The number of amides is 2. The molecule has 160 valence electrons. The van der Waals surface area contributed by atoms with Gasteiger partial charge in [-0.1, -0.05) is 6.07 Å². The highest BCUT2D eigenvalue weighted by atomic mass is 16.2. The van der Waals surface area contributed by atoms with Crippen molar-refractivity contribution < 1.29 is 9.59 Å². The second-order valence-corrected chi connectivity index (χ2v) is 7.66. The molecule has 0 atom stereocenters. The van der Waals surface area contributed by atoms with Crippen molar-refractivity contribution in [1.29, 1.82) is 0 Å². The maximum atomic E-state index is 13.0. The first-order valence-electron chi connectivity index (χ1n) is 10.5. The first-order valence-corrected chi connectivity index (χ1v) is 10.5. The average Bonchev–Trinajstić information content (AvgIpc) is 3.29. The number of rotatable bonds is 4. The van der Waals surface area contributed by atoms with Gasteiger partial charge < -0.3 is 10.2 Å². The maximum Gasteiger partial charge on any atom is 0.258 e. The van der Waals surface area contributed by atoms with Crippen molar-refractivity contribution in [2.24, 2.45) is 0 Å². The summed E-state index contributed by atoms with van der Waals surface area (Å²) in [5, 5.41) is 7.30. The monoisotopic (exact) mass is 427 g/mol. The zero-order valence-electron chi connectivity index (χ0n) is 17.3. The number of hydrogen-bond acceptors (Lipinski definition) is 6. The standard InChI is InChI=1S/C23H21N7O2/c31-22(17-11-25-15-26-12-17)28-18-9-16(10-24-13-18)20-5-4-6-21-19(14-27-30(20)21)23(32)29-7-2-1-3-8-29/h4-6,9-15H,1-3,7-8H2,(H,28,31). The SMILES string of the molecule is O=C(Nc1cncc(-c2cccc3c(C(=O)N4CCCCC4)cnn23)c1)c1cncnc1. The molecule has 1 aliphatic heterocycles. The summed E-state index contributed by atoms with van der Waals surface area (Å²) in [7, 11) is 0. The fourth-order valence-corrected chi connectivity index (χ4v) is 3.93. The highest BCUT2D eigenvalue weighted by Crippen LogP contribution is 2.25. The number of aromatic nitrogens is 5. The topological polar surface area (TPSA) is 105 Å². The van der Waals surface area contributed by atoms with Crippen LogP contribution in [0.15, 0.2) is 61.6 Å². The Morgan fingerprint density at radius 1 is 0.906 bits per heavy atom.